The van der Waals surface area contributed by atoms with Gasteiger partial charge in [0.2, 0.25) is 5.91 Å². The number of aromatic nitrogens is 2. The summed E-state index contributed by atoms with van der Waals surface area (Å²) in [5.74, 6) is 2.23. The van der Waals surface area contributed by atoms with Crippen molar-refractivity contribution in [3.63, 3.8) is 0 Å². The number of carbonyl (C=O) groups excluding carboxylic acids is 1. The third-order valence-corrected chi connectivity index (χ3v) is 5.27. The van der Waals surface area contributed by atoms with Gasteiger partial charge in [0.05, 0.1) is 11.2 Å². The largest absolute Gasteiger partial charge is 0.375 e. The van der Waals surface area contributed by atoms with Gasteiger partial charge in [-0.2, -0.15) is 0 Å². The van der Waals surface area contributed by atoms with Crippen LogP contribution in [-0.2, 0) is 9.53 Å². The maximum atomic E-state index is 12.0. The van der Waals surface area contributed by atoms with E-state index in [1.54, 1.807) is 7.11 Å². The van der Waals surface area contributed by atoms with E-state index in [9.17, 15) is 4.79 Å². The second-order valence-corrected chi connectivity index (χ2v) is 6.70. The molecule has 0 aromatic carbocycles. The molecule has 1 aliphatic carbocycles. The number of hydrogen-bond donors (Lipinski definition) is 0. The van der Waals surface area contributed by atoms with Gasteiger partial charge >= 0.3 is 0 Å². The summed E-state index contributed by atoms with van der Waals surface area (Å²) in [7, 11) is 1.57. The van der Waals surface area contributed by atoms with Crippen LogP contribution in [0.2, 0.25) is 0 Å². The first-order chi connectivity index (χ1) is 11.3. The molecule has 122 valence electrons. The number of nitrogens with zero attached hydrogens (tertiary/aromatic N) is 3. The van der Waals surface area contributed by atoms with Gasteiger partial charge in [-0.05, 0) is 31.4 Å². The zero-order valence-electron chi connectivity index (χ0n) is 13.6. The number of carbonyl (C=O) groups is 1. The molecule has 2 aromatic rings. The lowest BCUT2D eigenvalue weighted by atomic mass is 9.85. The highest BCUT2D eigenvalue weighted by Crippen LogP contribution is 2.38. The first-order valence-electron chi connectivity index (χ1n) is 8.51. The first kappa shape index (κ1) is 14.7. The number of amides is 1. The minimum Gasteiger partial charge on any atom is -0.375 e. The highest BCUT2D eigenvalue weighted by molar-refractivity contribution is 5.78. The summed E-state index contributed by atoms with van der Waals surface area (Å²) in [5.41, 5.74) is 2.38. The number of rotatable bonds is 4. The average molecular weight is 313 g/mol. The molecule has 2 aromatic heterocycles. The van der Waals surface area contributed by atoms with Gasteiger partial charge in [-0.15, -0.1) is 0 Å². The Labute approximate surface area is 136 Å². The second-order valence-electron chi connectivity index (χ2n) is 6.70. The van der Waals surface area contributed by atoms with Crippen molar-refractivity contribution in [3.05, 3.63) is 35.9 Å². The van der Waals surface area contributed by atoms with Crippen molar-refractivity contribution in [2.24, 2.45) is 0 Å². The lowest BCUT2D eigenvalue weighted by Gasteiger charge is -2.23. The van der Waals surface area contributed by atoms with E-state index in [0.29, 0.717) is 11.8 Å². The van der Waals surface area contributed by atoms with Gasteiger partial charge in [-0.3, -0.25) is 4.79 Å². The molecule has 0 spiro atoms. The fourth-order valence-electron chi connectivity index (χ4n) is 3.77. The normalized spacial score (nSPS) is 21.8. The molecule has 1 atom stereocenters. The van der Waals surface area contributed by atoms with Crippen LogP contribution >= 0.6 is 0 Å². The highest BCUT2D eigenvalue weighted by atomic mass is 16.5. The molecule has 5 heteroatoms. The Balaban J connectivity index is 1.63. The monoisotopic (exact) mass is 313 g/mol. The van der Waals surface area contributed by atoms with Crippen LogP contribution in [0.4, 0.5) is 0 Å². The molecule has 1 unspecified atom stereocenters. The third-order valence-electron chi connectivity index (χ3n) is 5.27. The van der Waals surface area contributed by atoms with Crippen LogP contribution in [0.3, 0.4) is 0 Å². The van der Waals surface area contributed by atoms with E-state index in [-0.39, 0.29) is 12.5 Å². The molecule has 1 saturated heterocycles. The Morgan fingerprint density at radius 3 is 2.91 bits per heavy atom. The van der Waals surface area contributed by atoms with E-state index in [4.69, 9.17) is 9.72 Å². The molecule has 2 fully saturated rings. The molecule has 0 N–H and O–H groups in total. The van der Waals surface area contributed by atoms with Crippen LogP contribution in [0.25, 0.3) is 5.52 Å². The SMILES string of the molecule is COCC(=O)N1CCC(c2nc(C3CCC3)n3ccccc23)C1. The van der Waals surface area contributed by atoms with Crippen molar-refractivity contribution in [3.8, 4) is 0 Å². The van der Waals surface area contributed by atoms with Crippen molar-refractivity contribution in [1.82, 2.24) is 14.3 Å². The lowest BCUT2D eigenvalue weighted by Crippen LogP contribution is -2.31. The number of fused-ring (bicyclic) bond motifs is 1. The van der Waals surface area contributed by atoms with Gasteiger partial charge in [0.1, 0.15) is 12.4 Å². The van der Waals surface area contributed by atoms with Crippen molar-refractivity contribution in [1.29, 1.82) is 0 Å². The number of pyridine rings is 1. The van der Waals surface area contributed by atoms with Crippen LogP contribution in [0.5, 0.6) is 0 Å². The van der Waals surface area contributed by atoms with Crippen LogP contribution in [0.15, 0.2) is 24.4 Å². The molecule has 4 rings (SSSR count). The summed E-state index contributed by atoms with van der Waals surface area (Å²) in [6.07, 6.45) is 6.92. The van der Waals surface area contributed by atoms with Gasteiger partial charge in [0.25, 0.3) is 0 Å². The summed E-state index contributed by atoms with van der Waals surface area (Å²) in [6.45, 7) is 1.73. The Hall–Kier alpha value is -1.88. The fraction of sp³-hybridized carbons (Fsp3) is 0.556. The summed E-state index contributed by atoms with van der Waals surface area (Å²) in [6, 6.07) is 6.31. The van der Waals surface area contributed by atoms with E-state index in [1.807, 2.05) is 4.90 Å². The topological polar surface area (TPSA) is 46.8 Å². The van der Waals surface area contributed by atoms with Gasteiger partial charge < -0.3 is 14.0 Å². The number of methoxy groups -OCH3 is 1. The maximum absolute atomic E-state index is 12.0. The number of hydrogen-bond acceptors (Lipinski definition) is 3. The fourth-order valence-corrected chi connectivity index (χ4v) is 3.77. The van der Waals surface area contributed by atoms with Crippen LogP contribution < -0.4 is 0 Å². The Bertz CT molecular complexity index is 720. The first-order valence-corrected chi connectivity index (χ1v) is 8.51. The smallest absolute Gasteiger partial charge is 0.248 e. The van der Waals surface area contributed by atoms with Gasteiger partial charge in [0.15, 0.2) is 0 Å². The zero-order valence-corrected chi connectivity index (χ0v) is 13.6. The Morgan fingerprint density at radius 2 is 2.17 bits per heavy atom. The van der Waals surface area contributed by atoms with Crippen molar-refractivity contribution >= 4 is 11.4 Å². The molecule has 0 bridgehead atoms. The summed E-state index contributed by atoms with van der Waals surface area (Å²) < 4.78 is 7.24. The number of ether oxygens (including phenoxy) is 1. The van der Waals surface area contributed by atoms with E-state index in [1.165, 1.54) is 36.3 Å². The quantitative estimate of drug-likeness (QED) is 0.871. The standard InChI is InChI=1S/C18H23N3O2/c1-23-12-16(22)20-10-8-14(11-20)17-15-7-2-3-9-21(15)18(19-17)13-5-4-6-13/h2-3,7,9,13-14H,4-6,8,10-12H2,1H3. The molecule has 3 heterocycles. The molecule has 0 radical (unpaired) electrons. The number of likely N-dealkylation sites (tertiary alicyclic amines) is 1. The molecule has 2 aliphatic rings. The van der Waals surface area contributed by atoms with Crippen molar-refractivity contribution < 1.29 is 9.53 Å². The average Bonchev–Trinajstić information content (AvgIpc) is 3.11. The van der Waals surface area contributed by atoms with Gasteiger partial charge in [-0.25, -0.2) is 4.98 Å². The minimum absolute atomic E-state index is 0.0812. The molecule has 23 heavy (non-hydrogen) atoms. The Kier molecular flexibility index (Phi) is 3.81. The van der Waals surface area contributed by atoms with Crippen molar-refractivity contribution in [2.75, 3.05) is 26.8 Å². The van der Waals surface area contributed by atoms with Crippen LogP contribution in [0, 0.1) is 0 Å². The predicted molar refractivity (Wildman–Crippen MR) is 87.6 cm³/mol. The van der Waals surface area contributed by atoms with Crippen LogP contribution in [0.1, 0.15) is 49.0 Å². The van der Waals surface area contributed by atoms with Crippen LogP contribution in [-0.4, -0.2) is 47.0 Å². The summed E-state index contributed by atoms with van der Waals surface area (Å²) >= 11 is 0. The predicted octanol–water partition coefficient (Wildman–Crippen LogP) is 2.56. The molecular weight excluding hydrogens is 290 g/mol. The third kappa shape index (κ3) is 2.53. The zero-order chi connectivity index (χ0) is 15.8. The van der Waals surface area contributed by atoms with E-state index < -0.39 is 0 Å². The molecule has 1 aliphatic heterocycles. The second kappa shape index (κ2) is 5.96. The molecule has 1 amide bonds. The van der Waals surface area contributed by atoms with E-state index >= 15 is 0 Å². The maximum Gasteiger partial charge on any atom is 0.248 e. The molecule has 5 nitrogen and oxygen atoms in total. The van der Waals surface area contributed by atoms with E-state index in [0.717, 1.165) is 19.5 Å². The molecule has 1 saturated carbocycles. The van der Waals surface area contributed by atoms with Gasteiger partial charge in [0, 0.05) is 38.2 Å². The minimum atomic E-state index is 0.0812. The Morgan fingerprint density at radius 1 is 1.30 bits per heavy atom. The summed E-state index contributed by atoms with van der Waals surface area (Å²) in [5, 5.41) is 0. The lowest BCUT2D eigenvalue weighted by molar-refractivity contribution is -0.134. The highest BCUT2D eigenvalue weighted by Gasteiger charge is 2.32. The number of imidazole rings is 1. The molecular formula is C18H23N3O2. The van der Waals surface area contributed by atoms with E-state index in [2.05, 4.69) is 28.8 Å². The van der Waals surface area contributed by atoms with Gasteiger partial charge in [-0.1, -0.05) is 12.5 Å². The summed E-state index contributed by atoms with van der Waals surface area (Å²) in [4.78, 5) is 19.0. The van der Waals surface area contributed by atoms with Crippen molar-refractivity contribution in [2.45, 2.75) is 37.5 Å².